The van der Waals surface area contributed by atoms with Gasteiger partial charge < -0.3 is 14.4 Å². The van der Waals surface area contributed by atoms with Crippen LogP contribution in [0.25, 0.3) is 33.1 Å². The number of carboxylic acids is 1. The molecule has 34 heavy (non-hydrogen) atoms. The normalized spacial score (nSPS) is 11.2. The Morgan fingerprint density at radius 3 is 2.59 bits per heavy atom. The molecule has 5 rings (SSSR count). The minimum Gasteiger partial charge on any atom is -0.494 e. The van der Waals surface area contributed by atoms with Gasteiger partial charge in [-0.3, -0.25) is 4.79 Å². The van der Waals surface area contributed by atoms with Gasteiger partial charge in [-0.1, -0.05) is 37.3 Å². The van der Waals surface area contributed by atoms with E-state index in [4.69, 9.17) is 4.74 Å². The van der Waals surface area contributed by atoms with Crippen molar-refractivity contribution < 1.29 is 19.4 Å². The number of carbonyl (C=O) groups is 2. The molecular formula is C26H21N3O4S. The van der Waals surface area contributed by atoms with Crippen molar-refractivity contribution in [3.8, 4) is 16.9 Å². The summed E-state index contributed by atoms with van der Waals surface area (Å²) in [6.07, 6.45) is 1.64. The number of benzene rings is 3. The average Bonchev–Trinajstić information content (AvgIpc) is 3.45. The fraction of sp³-hybridized carbons (Fsp3) is 0.154. The summed E-state index contributed by atoms with van der Waals surface area (Å²) in [5.74, 6) is -0.345. The van der Waals surface area contributed by atoms with E-state index in [1.807, 2.05) is 47.9 Å². The predicted octanol–water partition coefficient (Wildman–Crippen LogP) is 5.66. The molecule has 3 aromatic carbocycles. The quantitative estimate of drug-likeness (QED) is 0.294. The Morgan fingerprint density at radius 2 is 1.85 bits per heavy atom. The smallest absolute Gasteiger partial charge is 0.353 e. The molecule has 0 unspecified atom stereocenters. The molecular weight excluding hydrogens is 450 g/mol. The van der Waals surface area contributed by atoms with E-state index < -0.39 is 5.97 Å². The summed E-state index contributed by atoms with van der Waals surface area (Å²) in [4.78, 5) is 23.7. The van der Waals surface area contributed by atoms with Crippen LogP contribution < -0.4 is 4.74 Å². The Kier molecular flexibility index (Phi) is 5.81. The fourth-order valence-corrected chi connectivity index (χ4v) is 4.68. The lowest BCUT2D eigenvalue weighted by Crippen LogP contribution is -2.10. The van der Waals surface area contributed by atoms with Gasteiger partial charge in [-0.15, -0.1) is 0 Å². The Balaban J connectivity index is 1.73. The van der Waals surface area contributed by atoms with Gasteiger partial charge in [0.25, 0.3) is 0 Å². The second kappa shape index (κ2) is 9.07. The van der Waals surface area contributed by atoms with Gasteiger partial charge in [-0.05, 0) is 47.9 Å². The van der Waals surface area contributed by atoms with Crippen molar-refractivity contribution in [2.24, 2.45) is 0 Å². The Bertz CT molecular complexity index is 1520. The van der Waals surface area contributed by atoms with Crippen LogP contribution in [-0.4, -0.2) is 37.3 Å². The lowest BCUT2D eigenvalue weighted by molar-refractivity contribution is 0.0687. The molecule has 0 radical (unpaired) electrons. The number of ether oxygens (including phenoxy) is 1. The minimum absolute atomic E-state index is 0.179. The Hall–Kier alpha value is -4.04. The van der Waals surface area contributed by atoms with Crippen LogP contribution in [0.2, 0.25) is 0 Å². The molecule has 0 amide bonds. The van der Waals surface area contributed by atoms with Gasteiger partial charge in [0.2, 0.25) is 0 Å². The zero-order valence-corrected chi connectivity index (χ0v) is 19.2. The molecule has 8 heteroatoms. The van der Waals surface area contributed by atoms with Gasteiger partial charge in [-0.2, -0.15) is 8.75 Å². The molecule has 2 aromatic heterocycles. The largest absolute Gasteiger partial charge is 0.494 e. The zero-order valence-electron chi connectivity index (χ0n) is 18.4. The number of rotatable bonds is 8. The van der Waals surface area contributed by atoms with Gasteiger partial charge in [-0.25, -0.2) is 4.79 Å². The molecule has 170 valence electrons. The standard InChI is InChI=1S/C26H21N3O4S/c1-2-11-33-19-8-10-23-20(13-19)24(18-6-3-16(15-30)4-7-18)25(26(31)32)29(23)14-17-5-9-21-22(12-17)28-34-27-21/h3-10,12-13,15H,2,11,14H2,1H3,(H,31,32). The summed E-state index contributed by atoms with van der Waals surface area (Å²) < 4.78 is 16.2. The highest BCUT2D eigenvalue weighted by atomic mass is 32.1. The van der Waals surface area contributed by atoms with Gasteiger partial charge >= 0.3 is 5.97 Å². The van der Waals surface area contributed by atoms with Gasteiger partial charge in [0.1, 0.15) is 28.8 Å². The van der Waals surface area contributed by atoms with Gasteiger partial charge in [0, 0.05) is 28.6 Å². The molecule has 0 atom stereocenters. The zero-order chi connectivity index (χ0) is 23.7. The number of hydrogen-bond acceptors (Lipinski definition) is 6. The third-order valence-electron chi connectivity index (χ3n) is 5.70. The Labute approximate surface area is 199 Å². The number of aromatic carboxylic acids is 1. The summed E-state index contributed by atoms with van der Waals surface area (Å²) >= 11 is 1.15. The summed E-state index contributed by atoms with van der Waals surface area (Å²) in [7, 11) is 0. The van der Waals surface area contributed by atoms with Crippen molar-refractivity contribution in [2.75, 3.05) is 6.61 Å². The lowest BCUT2D eigenvalue weighted by atomic mass is 10.0. The van der Waals surface area contributed by atoms with E-state index in [2.05, 4.69) is 8.75 Å². The molecule has 5 aromatic rings. The molecule has 0 spiro atoms. The monoisotopic (exact) mass is 471 g/mol. The SMILES string of the molecule is CCCOc1ccc2c(c1)c(-c1ccc(C=O)cc1)c(C(=O)O)n2Cc1ccc2nsnc2c1. The maximum absolute atomic E-state index is 12.6. The molecule has 1 N–H and O–H groups in total. The molecule has 0 fully saturated rings. The minimum atomic E-state index is -1.03. The van der Waals surface area contributed by atoms with Crippen LogP contribution in [0.5, 0.6) is 5.75 Å². The number of nitrogens with zero attached hydrogens (tertiary/aromatic N) is 3. The van der Waals surface area contributed by atoms with Crippen molar-refractivity contribution >= 4 is 45.9 Å². The molecule has 0 aliphatic heterocycles. The van der Waals surface area contributed by atoms with E-state index in [9.17, 15) is 14.7 Å². The van der Waals surface area contributed by atoms with E-state index in [0.29, 0.717) is 30.0 Å². The van der Waals surface area contributed by atoms with E-state index in [1.165, 1.54) is 0 Å². The summed E-state index contributed by atoms with van der Waals surface area (Å²) in [5, 5.41) is 11.1. The number of hydrogen-bond donors (Lipinski definition) is 1. The van der Waals surface area contributed by atoms with Crippen LogP contribution >= 0.6 is 11.7 Å². The topological polar surface area (TPSA) is 94.3 Å². The average molecular weight is 472 g/mol. The van der Waals surface area contributed by atoms with Crippen LogP contribution in [0.1, 0.15) is 39.8 Å². The predicted molar refractivity (Wildman–Crippen MR) is 132 cm³/mol. The maximum atomic E-state index is 12.6. The third-order valence-corrected chi connectivity index (χ3v) is 6.26. The van der Waals surface area contributed by atoms with Crippen LogP contribution in [0, 0.1) is 0 Å². The van der Waals surface area contributed by atoms with Crippen molar-refractivity contribution in [1.82, 2.24) is 13.3 Å². The van der Waals surface area contributed by atoms with Crippen molar-refractivity contribution in [3.05, 3.63) is 77.5 Å². The van der Waals surface area contributed by atoms with E-state index in [1.54, 1.807) is 24.3 Å². The molecule has 0 bridgehead atoms. The van der Waals surface area contributed by atoms with Crippen LogP contribution in [0.4, 0.5) is 0 Å². The number of aromatic nitrogens is 3. The maximum Gasteiger partial charge on any atom is 0.353 e. The second-order valence-electron chi connectivity index (χ2n) is 7.97. The number of carboxylic acid groups (broad SMARTS) is 1. The van der Waals surface area contributed by atoms with Crippen LogP contribution in [0.3, 0.4) is 0 Å². The van der Waals surface area contributed by atoms with Crippen molar-refractivity contribution in [1.29, 1.82) is 0 Å². The van der Waals surface area contributed by atoms with Crippen LogP contribution in [-0.2, 0) is 6.54 Å². The summed E-state index contributed by atoms with van der Waals surface area (Å²) in [6, 6.07) is 18.4. The number of fused-ring (bicyclic) bond motifs is 2. The van der Waals surface area contributed by atoms with E-state index >= 15 is 0 Å². The first-order valence-electron chi connectivity index (χ1n) is 10.9. The molecule has 0 aliphatic carbocycles. The van der Waals surface area contributed by atoms with Gasteiger partial charge in [0.15, 0.2) is 0 Å². The summed E-state index contributed by atoms with van der Waals surface area (Å²) in [6.45, 7) is 2.96. The summed E-state index contributed by atoms with van der Waals surface area (Å²) in [5.41, 5.74) is 5.34. The fourth-order valence-electron chi connectivity index (χ4n) is 4.16. The third kappa shape index (κ3) is 3.92. The van der Waals surface area contributed by atoms with Gasteiger partial charge in [0.05, 0.1) is 18.3 Å². The van der Waals surface area contributed by atoms with E-state index in [-0.39, 0.29) is 5.69 Å². The first kappa shape index (κ1) is 21.8. The molecule has 0 aliphatic rings. The highest BCUT2D eigenvalue weighted by Crippen LogP contribution is 2.38. The molecule has 0 saturated carbocycles. The Morgan fingerprint density at radius 1 is 1.06 bits per heavy atom. The first-order chi connectivity index (χ1) is 16.6. The van der Waals surface area contributed by atoms with Crippen molar-refractivity contribution in [3.63, 3.8) is 0 Å². The second-order valence-corrected chi connectivity index (χ2v) is 8.50. The molecule has 7 nitrogen and oxygen atoms in total. The van der Waals surface area contributed by atoms with E-state index in [0.717, 1.165) is 57.5 Å². The molecule has 0 saturated heterocycles. The molecule has 2 heterocycles. The van der Waals surface area contributed by atoms with Crippen molar-refractivity contribution in [2.45, 2.75) is 19.9 Å². The number of carbonyl (C=O) groups excluding carboxylic acids is 1. The lowest BCUT2D eigenvalue weighted by Gasteiger charge is -2.10. The first-order valence-corrected chi connectivity index (χ1v) is 11.6. The highest BCUT2D eigenvalue weighted by molar-refractivity contribution is 7.00. The number of aldehydes is 1. The highest BCUT2D eigenvalue weighted by Gasteiger charge is 2.24. The van der Waals surface area contributed by atoms with Crippen LogP contribution in [0.15, 0.2) is 60.7 Å².